The molecule has 0 radical (unpaired) electrons. The summed E-state index contributed by atoms with van der Waals surface area (Å²) in [5.74, 6) is -1.25. The molecule has 0 saturated heterocycles. The Hall–Kier alpha value is -1.89. The van der Waals surface area contributed by atoms with Gasteiger partial charge in [0.1, 0.15) is 12.6 Å². The average Bonchev–Trinajstić information content (AvgIpc) is 2.58. The molecular formula is C16H24NO7P. The van der Waals surface area contributed by atoms with Gasteiger partial charge in [-0.15, -0.1) is 0 Å². The first kappa shape index (κ1) is 21.2. The van der Waals surface area contributed by atoms with E-state index in [1.165, 1.54) is 0 Å². The number of carboxylic acid groups (broad SMARTS) is 1. The van der Waals surface area contributed by atoms with Gasteiger partial charge in [-0.25, -0.2) is 9.59 Å². The Morgan fingerprint density at radius 2 is 1.76 bits per heavy atom. The number of carbonyl (C=O) groups is 2. The zero-order valence-corrected chi connectivity index (χ0v) is 15.2. The molecule has 0 fully saturated rings. The number of rotatable bonds is 11. The molecule has 1 rings (SSSR count). The van der Waals surface area contributed by atoms with E-state index in [0.717, 1.165) is 5.56 Å². The second-order valence-corrected chi connectivity index (χ2v) is 7.24. The van der Waals surface area contributed by atoms with Gasteiger partial charge in [-0.05, 0) is 25.8 Å². The van der Waals surface area contributed by atoms with Crippen LogP contribution in [0.25, 0.3) is 0 Å². The number of hydrogen-bond acceptors (Lipinski definition) is 6. The minimum Gasteiger partial charge on any atom is -0.480 e. The lowest BCUT2D eigenvalue weighted by Crippen LogP contribution is -2.41. The molecule has 0 bridgehead atoms. The molecule has 1 atom stereocenters. The number of carboxylic acids is 1. The molecule has 1 unspecified atom stereocenters. The second kappa shape index (κ2) is 10.9. The van der Waals surface area contributed by atoms with E-state index in [9.17, 15) is 19.3 Å². The number of hydrogen-bond donors (Lipinski definition) is 2. The predicted octanol–water partition coefficient (Wildman–Crippen LogP) is 3.02. The van der Waals surface area contributed by atoms with Gasteiger partial charge in [0.2, 0.25) is 0 Å². The zero-order chi connectivity index (χ0) is 18.7. The van der Waals surface area contributed by atoms with Gasteiger partial charge in [-0.3, -0.25) is 4.57 Å². The zero-order valence-electron chi connectivity index (χ0n) is 14.3. The molecule has 8 nitrogen and oxygen atoms in total. The van der Waals surface area contributed by atoms with Crippen molar-refractivity contribution in [1.29, 1.82) is 0 Å². The molecule has 1 amide bonds. The molecule has 0 aliphatic rings. The fourth-order valence-corrected chi connectivity index (χ4v) is 3.71. The third kappa shape index (κ3) is 8.16. The fourth-order valence-electron chi connectivity index (χ4n) is 2.01. The van der Waals surface area contributed by atoms with Crippen molar-refractivity contribution >= 4 is 19.7 Å². The number of carbonyl (C=O) groups excluding carboxylic acids is 1. The van der Waals surface area contributed by atoms with Crippen LogP contribution in [0.1, 0.15) is 25.8 Å². The summed E-state index contributed by atoms with van der Waals surface area (Å²) in [7, 11) is -3.37. The van der Waals surface area contributed by atoms with Crippen LogP contribution in [0.4, 0.5) is 4.79 Å². The second-order valence-electron chi connectivity index (χ2n) is 5.06. The molecular weight excluding hydrogens is 349 g/mol. The van der Waals surface area contributed by atoms with Crippen LogP contribution >= 0.6 is 7.60 Å². The molecule has 2 N–H and O–H groups in total. The molecule has 0 aliphatic carbocycles. The Morgan fingerprint density at radius 3 is 2.28 bits per heavy atom. The Morgan fingerprint density at radius 1 is 1.16 bits per heavy atom. The molecule has 0 spiro atoms. The van der Waals surface area contributed by atoms with Crippen molar-refractivity contribution in [2.45, 2.75) is 32.9 Å². The number of amides is 1. The summed E-state index contributed by atoms with van der Waals surface area (Å²) in [6.07, 6.45) is -1.09. The Kier molecular flexibility index (Phi) is 9.20. The third-order valence-corrected chi connectivity index (χ3v) is 5.26. The van der Waals surface area contributed by atoms with E-state index < -0.39 is 25.7 Å². The summed E-state index contributed by atoms with van der Waals surface area (Å²) < 4.78 is 27.6. The van der Waals surface area contributed by atoms with E-state index in [-0.39, 0.29) is 32.4 Å². The summed E-state index contributed by atoms with van der Waals surface area (Å²) in [5.41, 5.74) is 0.779. The fraction of sp³-hybridized carbons (Fsp3) is 0.500. The van der Waals surface area contributed by atoms with Gasteiger partial charge in [0, 0.05) is 0 Å². The quantitative estimate of drug-likeness (QED) is 0.574. The first-order valence-electron chi connectivity index (χ1n) is 7.98. The van der Waals surface area contributed by atoms with E-state index in [2.05, 4.69) is 5.32 Å². The summed E-state index contributed by atoms with van der Waals surface area (Å²) >= 11 is 0. The van der Waals surface area contributed by atoms with Crippen LogP contribution in [0.15, 0.2) is 30.3 Å². The van der Waals surface area contributed by atoms with Crippen LogP contribution in [0.5, 0.6) is 0 Å². The Bertz CT molecular complexity index is 583. The van der Waals surface area contributed by atoms with E-state index in [0.29, 0.717) is 0 Å². The molecule has 0 aliphatic heterocycles. The highest BCUT2D eigenvalue weighted by atomic mass is 31.2. The molecule has 0 aromatic heterocycles. The van der Waals surface area contributed by atoms with Crippen molar-refractivity contribution in [1.82, 2.24) is 5.32 Å². The standard InChI is InChI=1S/C16H24NO7P/c1-3-23-25(21,24-4-2)11-10-14(15(18)19)17-16(20)22-12-13-8-6-5-7-9-13/h5-9,14H,3-4,10-12H2,1-2H3,(H,17,20)(H,18,19). The highest BCUT2D eigenvalue weighted by Crippen LogP contribution is 2.48. The Balaban J connectivity index is 2.54. The maximum absolute atomic E-state index is 12.4. The van der Waals surface area contributed by atoms with Crippen molar-refractivity contribution in [3.8, 4) is 0 Å². The Labute approximate surface area is 147 Å². The normalized spacial score (nSPS) is 12.4. The minimum absolute atomic E-state index is 0.0232. The van der Waals surface area contributed by atoms with Crippen molar-refractivity contribution < 1.29 is 33.0 Å². The van der Waals surface area contributed by atoms with Gasteiger partial charge < -0.3 is 24.2 Å². The maximum Gasteiger partial charge on any atom is 0.408 e. The van der Waals surface area contributed by atoms with Crippen LogP contribution in [0.3, 0.4) is 0 Å². The topological polar surface area (TPSA) is 111 Å². The van der Waals surface area contributed by atoms with E-state index in [4.69, 9.17) is 13.8 Å². The highest BCUT2D eigenvalue weighted by molar-refractivity contribution is 7.53. The number of benzene rings is 1. The predicted molar refractivity (Wildman–Crippen MR) is 91.5 cm³/mol. The minimum atomic E-state index is -3.37. The average molecular weight is 373 g/mol. The van der Waals surface area contributed by atoms with Gasteiger partial charge in [0.05, 0.1) is 19.4 Å². The SMILES string of the molecule is CCOP(=O)(CCC(NC(=O)OCc1ccccc1)C(=O)O)OCC. The van der Waals surface area contributed by atoms with Crippen LogP contribution in [0.2, 0.25) is 0 Å². The maximum atomic E-state index is 12.4. The molecule has 0 saturated carbocycles. The first-order valence-corrected chi connectivity index (χ1v) is 9.71. The van der Waals surface area contributed by atoms with Crippen molar-refractivity contribution in [3.63, 3.8) is 0 Å². The lowest BCUT2D eigenvalue weighted by molar-refractivity contribution is -0.139. The van der Waals surface area contributed by atoms with Gasteiger partial charge >= 0.3 is 19.7 Å². The van der Waals surface area contributed by atoms with Crippen LogP contribution in [-0.4, -0.2) is 42.6 Å². The van der Waals surface area contributed by atoms with Gasteiger partial charge in [0.25, 0.3) is 0 Å². The van der Waals surface area contributed by atoms with E-state index in [1.54, 1.807) is 38.1 Å². The molecule has 140 valence electrons. The molecule has 0 heterocycles. The summed E-state index contributed by atoms with van der Waals surface area (Å²) in [4.78, 5) is 23.1. The monoisotopic (exact) mass is 373 g/mol. The highest BCUT2D eigenvalue weighted by Gasteiger charge is 2.29. The van der Waals surface area contributed by atoms with Crippen molar-refractivity contribution in [2.24, 2.45) is 0 Å². The van der Waals surface area contributed by atoms with Gasteiger partial charge in [-0.2, -0.15) is 0 Å². The number of nitrogens with one attached hydrogen (secondary N) is 1. The van der Waals surface area contributed by atoms with E-state index >= 15 is 0 Å². The summed E-state index contributed by atoms with van der Waals surface area (Å²) in [6.45, 7) is 3.72. The largest absolute Gasteiger partial charge is 0.480 e. The third-order valence-electron chi connectivity index (χ3n) is 3.15. The van der Waals surface area contributed by atoms with Gasteiger partial charge in [0.15, 0.2) is 0 Å². The van der Waals surface area contributed by atoms with Crippen molar-refractivity contribution in [3.05, 3.63) is 35.9 Å². The van der Waals surface area contributed by atoms with Crippen LogP contribution in [-0.2, 0) is 29.8 Å². The lowest BCUT2D eigenvalue weighted by Gasteiger charge is -2.19. The summed E-state index contributed by atoms with van der Waals surface area (Å²) in [6, 6.07) is 7.74. The van der Waals surface area contributed by atoms with Crippen LogP contribution < -0.4 is 5.32 Å². The molecule has 1 aromatic rings. The molecule has 25 heavy (non-hydrogen) atoms. The first-order chi connectivity index (χ1) is 11.9. The number of alkyl carbamates (subject to hydrolysis) is 1. The molecule has 9 heteroatoms. The van der Waals surface area contributed by atoms with Crippen LogP contribution in [0, 0.1) is 0 Å². The number of aliphatic carboxylic acids is 1. The van der Waals surface area contributed by atoms with Crippen molar-refractivity contribution in [2.75, 3.05) is 19.4 Å². The lowest BCUT2D eigenvalue weighted by atomic mass is 10.2. The molecule has 1 aromatic carbocycles. The van der Waals surface area contributed by atoms with E-state index in [1.807, 2.05) is 6.07 Å². The summed E-state index contributed by atoms with van der Waals surface area (Å²) in [5, 5.41) is 11.5. The van der Waals surface area contributed by atoms with Gasteiger partial charge in [-0.1, -0.05) is 30.3 Å². The smallest absolute Gasteiger partial charge is 0.408 e. The number of ether oxygens (including phenoxy) is 1.